The number of aliphatic hydroxyl groups excluding tert-OH is 1. The van der Waals surface area contributed by atoms with Crippen LogP contribution in [-0.2, 0) is 6.42 Å². The molecule has 0 fully saturated rings. The Morgan fingerprint density at radius 1 is 1.17 bits per heavy atom. The monoisotopic (exact) mass is 396 g/mol. The first kappa shape index (κ1) is 22.3. The summed E-state index contributed by atoms with van der Waals surface area (Å²) in [6, 6.07) is 15.3. The van der Waals surface area contributed by atoms with Crippen LogP contribution in [-0.4, -0.2) is 45.1 Å². The zero-order chi connectivity index (χ0) is 21.1. The minimum Gasteiger partial charge on any atom is -0.493 e. The maximum absolute atomic E-state index is 10.1. The Labute approximate surface area is 172 Å². The first-order valence-corrected chi connectivity index (χ1v) is 9.46. The Hall–Kier alpha value is -3.01. The molecule has 2 aromatic carbocycles. The molecule has 0 radical (unpaired) electrons. The normalized spacial score (nSPS) is 12.2. The van der Waals surface area contributed by atoms with Crippen LogP contribution in [0.5, 0.6) is 17.2 Å². The van der Waals surface area contributed by atoms with E-state index in [9.17, 15) is 5.11 Å². The summed E-state index contributed by atoms with van der Waals surface area (Å²) in [6.45, 7) is 3.22. The van der Waals surface area contributed by atoms with E-state index in [-0.39, 0.29) is 6.61 Å². The Kier molecular flexibility index (Phi) is 9.03. The summed E-state index contributed by atoms with van der Waals surface area (Å²) in [5.74, 6) is 2.08. The van der Waals surface area contributed by atoms with Gasteiger partial charge in [-0.1, -0.05) is 18.2 Å². The molecule has 0 aromatic heterocycles. The van der Waals surface area contributed by atoms with Crippen molar-refractivity contribution in [1.82, 2.24) is 5.32 Å². The summed E-state index contributed by atoms with van der Waals surface area (Å²) in [6.07, 6.45) is 1.68. The lowest BCUT2D eigenvalue weighted by Gasteiger charge is -2.14. The smallest absolute Gasteiger partial charge is 0.160 e. The molecule has 0 aliphatic carbocycles. The van der Waals surface area contributed by atoms with Crippen molar-refractivity contribution in [3.05, 3.63) is 59.7 Å². The van der Waals surface area contributed by atoms with E-state index in [0.717, 1.165) is 29.7 Å². The molecular weight excluding hydrogens is 368 g/mol. The van der Waals surface area contributed by atoms with Gasteiger partial charge in [0, 0.05) is 12.6 Å². The van der Waals surface area contributed by atoms with Crippen molar-refractivity contribution < 1.29 is 19.3 Å². The molecule has 0 bridgehead atoms. The number of nitrogens with zero attached hydrogens (tertiary/aromatic N) is 1. The number of aliphatic hydroxyl groups is 1. The standard InChI is InChI=1S/C23H28N2O4/c1-17(9-11-24)19-5-4-6-21(14-19)29-16-20(26)15-25-12-10-18-7-8-22(27-2)23(13-18)28-3/h4-9,13-14,20,25-26H,10,12,15-16H2,1-3H3. The number of hydrogen-bond acceptors (Lipinski definition) is 6. The number of benzene rings is 2. The number of rotatable bonds is 11. The van der Waals surface area contributed by atoms with Gasteiger partial charge in [0.1, 0.15) is 18.5 Å². The summed E-state index contributed by atoms with van der Waals surface area (Å²) in [7, 11) is 3.23. The van der Waals surface area contributed by atoms with E-state index >= 15 is 0 Å². The SMILES string of the molecule is COc1ccc(CCNCC(O)COc2cccc(C(C)=CC#N)c2)cc1OC. The van der Waals surface area contributed by atoms with Crippen LogP contribution in [0.15, 0.2) is 48.5 Å². The summed E-state index contributed by atoms with van der Waals surface area (Å²) in [4.78, 5) is 0. The molecule has 1 atom stereocenters. The quantitative estimate of drug-likeness (QED) is 0.448. The second-order valence-corrected chi connectivity index (χ2v) is 6.59. The topological polar surface area (TPSA) is 83.7 Å². The van der Waals surface area contributed by atoms with Crippen LogP contribution in [0.3, 0.4) is 0 Å². The van der Waals surface area contributed by atoms with Crippen LogP contribution >= 0.6 is 0 Å². The Morgan fingerprint density at radius 2 is 1.97 bits per heavy atom. The highest BCUT2D eigenvalue weighted by Crippen LogP contribution is 2.27. The Bertz CT molecular complexity index is 858. The van der Waals surface area contributed by atoms with Gasteiger partial charge in [-0.2, -0.15) is 5.26 Å². The van der Waals surface area contributed by atoms with Crippen LogP contribution in [0, 0.1) is 11.3 Å². The number of allylic oxidation sites excluding steroid dienone is 2. The maximum atomic E-state index is 10.1. The first-order chi connectivity index (χ1) is 14.1. The van der Waals surface area contributed by atoms with E-state index in [1.165, 1.54) is 6.08 Å². The van der Waals surface area contributed by atoms with Gasteiger partial charge in [0.2, 0.25) is 0 Å². The predicted molar refractivity (Wildman–Crippen MR) is 113 cm³/mol. The fourth-order valence-corrected chi connectivity index (χ4v) is 2.80. The molecule has 2 aromatic rings. The molecule has 0 amide bonds. The van der Waals surface area contributed by atoms with Crippen molar-refractivity contribution in [1.29, 1.82) is 5.26 Å². The minimum atomic E-state index is -0.625. The lowest BCUT2D eigenvalue weighted by atomic mass is 10.1. The molecule has 29 heavy (non-hydrogen) atoms. The van der Waals surface area contributed by atoms with Crippen LogP contribution in [0.25, 0.3) is 5.57 Å². The molecule has 0 spiro atoms. The third-order valence-electron chi connectivity index (χ3n) is 4.43. The summed E-state index contributed by atoms with van der Waals surface area (Å²) in [5.41, 5.74) is 2.92. The molecule has 6 heteroatoms. The van der Waals surface area contributed by atoms with E-state index in [0.29, 0.717) is 23.8 Å². The molecule has 154 valence electrons. The molecule has 0 saturated heterocycles. The van der Waals surface area contributed by atoms with Crippen LogP contribution in [0.2, 0.25) is 0 Å². The Balaban J connectivity index is 1.74. The van der Waals surface area contributed by atoms with Crippen LogP contribution in [0.4, 0.5) is 0 Å². The van der Waals surface area contributed by atoms with Gasteiger partial charge < -0.3 is 24.6 Å². The fraction of sp³-hybridized carbons (Fsp3) is 0.348. The molecule has 6 nitrogen and oxygen atoms in total. The van der Waals surface area contributed by atoms with Crippen LogP contribution in [0.1, 0.15) is 18.1 Å². The van der Waals surface area contributed by atoms with Gasteiger partial charge in [-0.3, -0.25) is 0 Å². The largest absolute Gasteiger partial charge is 0.493 e. The molecular formula is C23H28N2O4. The van der Waals surface area contributed by atoms with E-state index < -0.39 is 6.10 Å². The van der Waals surface area contributed by atoms with Crippen molar-refractivity contribution in [3.8, 4) is 23.3 Å². The van der Waals surface area contributed by atoms with Gasteiger partial charge in [-0.25, -0.2) is 0 Å². The Morgan fingerprint density at radius 3 is 2.69 bits per heavy atom. The van der Waals surface area contributed by atoms with Gasteiger partial charge in [0.25, 0.3) is 0 Å². The average Bonchev–Trinajstić information content (AvgIpc) is 2.75. The van der Waals surface area contributed by atoms with E-state index in [1.54, 1.807) is 14.2 Å². The molecule has 1 unspecified atom stereocenters. The van der Waals surface area contributed by atoms with E-state index in [2.05, 4.69) is 5.32 Å². The first-order valence-electron chi connectivity index (χ1n) is 9.46. The molecule has 0 aliphatic rings. The van der Waals surface area contributed by atoms with Gasteiger partial charge in [0.15, 0.2) is 11.5 Å². The van der Waals surface area contributed by atoms with E-state index in [4.69, 9.17) is 19.5 Å². The van der Waals surface area contributed by atoms with Crippen molar-refractivity contribution in [2.75, 3.05) is 33.9 Å². The highest BCUT2D eigenvalue weighted by Gasteiger charge is 2.07. The lowest BCUT2D eigenvalue weighted by Crippen LogP contribution is -2.32. The number of nitriles is 1. The predicted octanol–water partition coefficient (Wildman–Crippen LogP) is 3.20. The van der Waals surface area contributed by atoms with Gasteiger partial charge >= 0.3 is 0 Å². The molecule has 0 heterocycles. The average molecular weight is 396 g/mol. The summed E-state index contributed by atoms with van der Waals surface area (Å²) in [5, 5.41) is 22.1. The number of ether oxygens (including phenoxy) is 3. The zero-order valence-electron chi connectivity index (χ0n) is 17.1. The summed E-state index contributed by atoms with van der Waals surface area (Å²) >= 11 is 0. The lowest BCUT2D eigenvalue weighted by molar-refractivity contribution is 0.106. The number of methoxy groups -OCH3 is 2. The van der Waals surface area contributed by atoms with E-state index in [1.807, 2.05) is 55.5 Å². The van der Waals surface area contributed by atoms with Crippen molar-refractivity contribution in [2.24, 2.45) is 0 Å². The molecule has 2 N–H and O–H groups in total. The second-order valence-electron chi connectivity index (χ2n) is 6.59. The van der Waals surface area contributed by atoms with Gasteiger partial charge in [-0.05, 0) is 60.9 Å². The fourth-order valence-electron chi connectivity index (χ4n) is 2.80. The van der Waals surface area contributed by atoms with Crippen molar-refractivity contribution in [2.45, 2.75) is 19.4 Å². The minimum absolute atomic E-state index is 0.188. The third-order valence-corrected chi connectivity index (χ3v) is 4.43. The maximum Gasteiger partial charge on any atom is 0.160 e. The molecule has 2 rings (SSSR count). The highest BCUT2D eigenvalue weighted by atomic mass is 16.5. The third kappa shape index (κ3) is 7.15. The van der Waals surface area contributed by atoms with Crippen molar-refractivity contribution in [3.63, 3.8) is 0 Å². The van der Waals surface area contributed by atoms with Gasteiger partial charge in [-0.15, -0.1) is 0 Å². The van der Waals surface area contributed by atoms with Crippen LogP contribution < -0.4 is 19.5 Å². The summed E-state index contributed by atoms with van der Waals surface area (Å²) < 4.78 is 16.2. The molecule has 0 aliphatic heterocycles. The number of nitrogens with one attached hydrogen (secondary N) is 1. The van der Waals surface area contributed by atoms with Crippen molar-refractivity contribution >= 4 is 5.57 Å². The second kappa shape index (κ2) is 11.7. The molecule has 0 saturated carbocycles. The number of hydrogen-bond donors (Lipinski definition) is 2. The highest BCUT2D eigenvalue weighted by molar-refractivity contribution is 5.66. The van der Waals surface area contributed by atoms with Gasteiger partial charge in [0.05, 0.1) is 20.3 Å². The zero-order valence-corrected chi connectivity index (χ0v) is 17.1.